The van der Waals surface area contributed by atoms with Gasteiger partial charge in [-0.05, 0) is 55.7 Å². The monoisotopic (exact) mass is 352 g/mol. The normalized spacial score (nSPS) is 12.2. The molecule has 0 bridgehead atoms. The van der Waals surface area contributed by atoms with Gasteiger partial charge in [0.15, 0.2) is 0 Å². The Labute approximate surface area is 134 Å². The van der Waals surface area contributed by atoms with Crippen molar-refractivity contribution in [3.05, 3.63) is 63.1 Å². The molecule has 106 valence electrons. The Morgan fingerprint density at radius 3 is 2.40 bits per heavy atom. The molecule has 0 amide bonds. The van der Waals surface area contributed by atoms with E-state index < -0.39 is 0 Å². The Hall–Kier alpha value is -0.990. The van der Waals surface area contributed by atoms with Crippen LogP contribution in [0.1, 0.15) is 34.6 Å². The van der Waals surface area contributed by atoms with Crippen LogP contribution in [-0.4, -0.2) is 6.61 Å². The minimum Gasteiger partial charge on any atom is -0.494 e. The van der Waals surface area contributed by atoms with Crippen molar-refractivity contribution in [3.63, 3.8) is 0 Å². The molecule has 1 atom stereocenters. The van der Waals surface area contributed by atoms with E-state index in [1.54, 1.807) is 0 Å². The van der Waals surface area contributed by atoms with Gasteiger partial charge >= 0.3 is 0 Å². The van der Waals surface area contributed by atoms with E-state index in [1.807, 2.05) is 25.1 Å². The van der Waals surface area contributed by atoms with Gasteiger partial charge in [-0.15, -0.1) is 11.6 Å². The lowest BCUT2D eigenvalue weighted by atomic mass is 9.95. The summed E-state index contributed by atoms with van der Waals surface area (Å²) in [6.45, 7) is 6.80. The van der Waals surface area contributed by atoms with Gasteiger partial charge in [0.2, 0.25) is 0 Å². The van der Waals surface area contributed by atoms with Gasteiger partial charge in [0.25, 0.3) is 0 Å². The molecule has 0 aliphatic rings. The van der Waals surface area contributed by atoms with E-state index in [-0.39, 0.29) is 5.38 Å². The first-order chi connectivity index (χ1) is 9.54. The number of hydrogen-bond acceptors (Lipinski definition) is 1. The van der Waals surface area contributed by atoms with E-state index in [2.05, 4.69) is 48.0 Å². The quantitative estimate of drug-likeness (QED) is 0.632. The minimum absolute atomic E-state index is 0.213. The fourth-order valence-electron chi connectivity index (χ4n) is 2.39. The molecule has 3 heteroatoms. The lowest BCUT2D eigenvalue weighted by molar-refractivity contribution is 0.337. The van der Waals surface area contributed by atoms with Crippen molar-refractivity contribution < 1.29 is 4.74 Å². The van der Waals surface area contributed by atoms with Crippen LogP contribution in [0.3, 0.4) is 0 Å². The maximum atomic E-state index is 6.75. The highest BCUT2D eigenvalue weighted by atomic mass is 79.9. The van der Waals surface area contributed by atoms with Crippen LogP contribution in [0.25, 0.3) is 0 Å². The summed E-state index contributed by atoms with van der Waals surface area (Å²) in [6, 6.07) is 12.2. The molecule has 0 aliphatic heterocycles. The number of hydrogen-bond donors (Lipinski definition) is 0. The number of halogens is 2. The molecule has 0 heterocycles. The predicted octanol–water partition coefficient (Wildman–Crippen LogP) is 5.79. The van der Waals surface area contributed by atoms with Crippen LogP contribution in [0, 0.1) is 13.8 Å². The first kappa shape index (κ1) is 15.4. The Bertz CT molecular complexity index is 590. The molecule has 0 spiro atoms. The molecule has 0 radical (unpaired) electrons. The first-order valence-corrected chi connectivity index (χ1v) is 7.90. The third-order valence-corrected chi connectivity index (χ3v) is 4.29. The van der Waals surface area contributed by atoms with Gasteiger partial charge in [0, 0.05) is 10.0 Å². The topological polar surface area (TPSA) is 9.23 Å². The van der Waals surface area contributed by atoms with Gasteiger partial charge in [0.1, 0.15) is 5.75 Å². The van der Waals surface area contributed by atoms with Gasteiger partial charge in [0.05, 0.1) is 12.0 Å². The summed E-state index contributed by atoms with van der Waals surface area (Å²) in [5, 5.41) is -0.213. The van der Waals surface area contributed by atoms with E-state index in [1.165, 1.54) is 11.1 Å². The van der Waals surface area contributed by atoms with Crippen LogP contribution >= 0.6 is 27.5 Å². The summed E-state index contributed by atoms with van der Waals surface area (Å²) in [7, 11) is 0. The van der Waals surface area contributed by atoms with Gasteiger partial charge in [-0.1, -0.05) is 34.1 Å². The molecule has 0 aromatic heterocycles. The van der Waals surface area contributed by atoms with Gasteiger partial charge in [-0.2, -0.15) is 0 Å². The predicted molar refractivity (Wildman–Crippen MR) is 88.9 cm³/mol. The zero-order valence-electron chi connectivity index (χ0n) is 11.9. The summed E-state index contributed by atoms with van der Waals surface area (Å²) in [4.78, 5) is 0. The number of alkyl halides is 1. The van der Waals surface area contributed by atoms with Crippen LogP contribution in [0.2, 0.25) is 0 Å². The Balaban J connectivity index is 2.52. The standard InChI is InChI=1S/C17H18BrClO/c1-4-20-15-9-8-13(18)10-14(15)17(19)16-11(2)6-5-7-12(16)3/h5-10,17H,4H2,1-3H3. The maximum absolute atomic E-state index is 6.75. The Morgan fingerprint density at radius 2 is 1.80 bits per heavy atom. The molecular formula is C17H18BrClO. The molecule has 0 aliphatic carbocycles. The lowest BCUT2D eigenvalue weighted by Crippen LogP contribution is -2.03. The number of aryl methyl sites for hydroxylation is 2. The van der Waals surface area contributed by atoms with Crippen molar-refractivity contribution >= 4 is 27.5 Å². The third kappa shape index (κ3) is 3.18. The van der Waals surface area contributed by atoms with Crippen LogP contribution in [0.15, 0.2) is 40.9 Å². The zero-order valence-corrected chi connectivity index (χ0v) is 14.3. The first-order valence-electron chi connectivity index (χ1n) is 6.67. The minimum atomic E-state index is -0.213. The third-order valence-electron chi connectivity index (χ3n) is 3.34. The SMILES string of the molecule is CCOc1ccc(Br)cc1C(Cl)c1c(C)cccc1C. The van der Waals surface area contributed by atoms with E-state index in [0.717, 1.165) is 21.3 Å². The number of ether oxygens (including phenoxy) is 1. The van der Waals surface area contributed by atoms with Gasteiger partial charge in [-0.3, -0.25) is 0 Å². The fraction of sp³-hybridized carbons (Fsp3) is 0.294. The fourth-order valence-corrected chi connectivity index (χ4v) is 3.28. The van der Waals surface area contributed by atoms with E-state index >= 15 is 0 Å². The highest BCUT2D eigenvalue weighted by molar-refractivity contribution is 9.10. The van der Waals surface area contributed by atoms with Crippen molar-refractivity contribution in [2.24, 2.45) is 0 Å². The van der Waals surface area contributed by atoms with E-state index in [4.69, 9.17) is 16.3 Å². The second-order valence-electron chi connectivity index (χ2n) is 4.78. The molecule has 0 N–H and O–H groups in total. The highest BCUT2D eigenvalue weighted by Gasteiger charge is 2.19. The number of benzene rings is 2. The van der Waals surface area contributed by atoms with Crippen molar-refractivity contribution in [2.45, 2.75) is 26.1 Å². The maximum Gasteiger partial charge on any atom is 0.124 e. The largest absolute Gasteiger partial charge is 0.494 e. The highest BCUT2D eigenvalue weighted by Crippen LogP contribution is 2.39. The Morgan fingerprint density at radius 1 is 1.15 bits per heavy atom. The summed E-state index contributed by atoms with van der Waals surface area (Å²) in [5.74, 6) is 0.846. The average molecular weight is 354 g/mol. The molecule has 0 saturated heterocycles. The van der Waals surface area contributed by atoms with E-state index in [9.17, 15) is 0 Å². The van der Waals surface area contributed by atoms with Crippen molar-refractivity contribution in [1.82, 2.24) is 0 Å². The summed E-state index contributed by atoms with van der Waals surface area (Å²) >= 11 is 10.3. The zero-order chi connectivity index (χ0) is 14.7. The molecule has 2 aromatic carbocycles. The molecule has 2 aromatic rings. The molecule has 2 rings (SSSR count). The lowest BCUT2D eigenvalue weighted by Gasteiger charge is -2.19. The van der Waals surface area contributed by atoms with Crippen LogP contribution in [0.4, 0.5) is 0 Å². The van der Waals surface area contributed by atoms with Crippen LogP contribution in [-0.2, 0) is 0 Å². The smallest absolute Gasteiger partial charge is 0.124 e. The molecule has 1 unspecified atom stereocenters. The molecule has 0 fully saturated rings. The van der Waals surface area contributed by atoms with Crippen molar-refractivity contribution in [2.75, 3.05) is 6.61 Å². The second kappa shape index (κ2) is 6.64. The van der Waals surface area contributed by atoms with Gasteiger partial charge < -0.3 is 4.74 Å². The molecule has 20 heavy (non-hydrogen) atoms. The molecular weight excluding hydrogens is 336 g/mol. The van der Waals surface area contributed by atoms with Crippen molar-refractivity contribution in [1.29, 1.82) is 0 Å². The molecule has 0 saturated carbocycles. The average Bonchev–Trinajstić information content (AvgIpc) is 2.40. The van der Waals surface area contributed by atoms with Crippen LogP contribution in [0.5, 0.6) is 5.75 Å². The van der Waals surface area contributed by atoms with E-state index in [0.29, 0.717) is 6.61 Å². The Kier molecular flexibility index (Phi) is 5.11. The molecule has 1 nitrogen and oxygen atoms in total. The van der Waals surface area contributed by atoms with Crippen molar-refractivity contribution in [3.8, 4) is 5.75 Å². The van der Waals surface area contributed by atoms with Gasteiger partial charge in [-0.25, -0.2) is 0 Å². The second-order valence-corrected chi connectivity index (χ2v) is 6.14. The summed E-state index contributed by atoms with van der Waals surface area (Å²) < 4.78 is 6.72. The summed E-state index contributed by atoms with van der Waals surface area (Å²) in [5.41, 5.74) is 4.56. The van der Waals surface area contributed by atoms with Crippen LogP contribution < -0.4 is 4.74 Å². The summed E-state index contributed by atoms with van der Waals surface area (Å²) in [6.07, 6.45) is 0. The number of rotatable bonds is 4.